The molecule has 0 bridgehead atoms. The molecule has 1 amide bonds. The van der Waals surface area contributed by atoms with Gasteiger partial charge in [0.2, 0.25) is 0 Å². The van der Waals surface area contributed by atoms with E-state index in [1.807, 2.05) is 38.1 Å². The maximum atomic E-state index is 12.4. The number of benzene rings is 1. The van der Waals surface area contributed by atoms with E-state index in [1.54, 1.807) is 0 Å². The van der Waals surface area contributed by atoms with Gasteiger partial charge in [0.15, 0.2) is 0 Å². The molecule has 132 valence electrons. The van der Waals surface area contributed by atoms with E-state index < -0.39 is 0 Å². The monoisotopic (exact) mass is 330 g/mol. The Hall–Kier alpha value is -1.68. The topological polar surface area (TPSA) is 49.4 Å². The molecular weight excluding hydrogens is 300 g/mol. The van der Waals surface area contributed by atoms with Crippen LogP contribution in [0.4, 0.5) is 0 Å². The molecule has 0 saturated carbocycles. The van der Waals surface area contributed by atoms with Crippen molar-refractivity contribution in [3.63, 3.8) is 0 Å². The van der Waals surface area contributed by atoms with E-state index in [4.69, 9.17) is 0 Å². The Morgan fingerprint density at radius 3 is 2.42 bits per heavy atom. The van der Waals surface area contributed by atoms with E-state index in [0.29, 0.717) is 23.7 Å². The number of amides is 1. The number of hydrogen-bond donors (Lipinski definition) is 1. The van der Waals surface area contributed by atoms with Crippen LogP contribution in [0.5, 0.6) is 0 Å². The fourth-order valence-corrected chi connectivity index (χ4v) is 3.00. The normalized spacial score (nSPS) is 18.3. The van der Waals surface area contributed by atoms with Gasteiger partial charge in [-0.2, -0.15) is 0 Å². The molecule has 1 aliphatic heterocycles. The van der Waals surface area contributed by atoms with Gasteiger partial charge in [0.05, 0.1) is 0 Å². The van der Waals surface area contributed by atoms with Crippen LogP contribution in [0, 0.1) is 5.92 Å². The molecule has 1 unspecified atom stereocenters. The molecule has 1 atom stereocenters. The molecule has 1 aliphatic rings. The van der Waals surface area contributed by atoms with Crippen molar-refractivity contribution in [2.45, 2.75) is 52.5 Å². The van der Waals surface area contributed by atoms with Crippen molar-refractivity contribution >= 4 is 11.7 Å². The van der Waals surface area contributed by atoms with Gasteiger partial charge in [-0.05, 0) is 30.0 Å². The van der Waals surface area contributed by atoms with Gasteiger partial charge in [0.1, 0.15) is 5.78 Å². The van der Waals surface area contributed by atoms with Crippen LogP contribution in [0.25, 0.3) is 0 Å². The standard InChI is InChI=1S/C20H30N2O2/c1-14(2)16-5-7-17(8-6-16)20(24)21-18-9-11-22(13-18)12-10-19(23)15(3)4/h5-8,14-15,18H,9-13H2,1-4H3,(H,21,24). The van der Waals surface area contributed by atoms with E-state index >= 15 is 0 Å². The Kier molecular flexibility index (Phi) is 6.55. The molecule has 1 N–H and O–H groups in total. The number of hydrogen-bond acceptors (Lipinski definition) is 3. The Morgan fingerprint density at radius 1 is 1.17 bits per heavy atom. The van der Waals surface area contributed by atoms with E-state index in [9.17, 15) is 9.59 Å². The number of carbonyl (C=O) groups excluding carboxylic acids is 2. The molecule has 2 rings (SSSR count). The summed E-state index contributed by atoms with van der Waals surface area (Å²) >= 11 is 0. The van der Waals surface area contributed by atoms with Crippen LogP contribution in [0.3, 0.4) is 0 Å². The maximum Gasteiger partial charge on any atom is 0.251 e. The van der Waals surface area contributed by atoms with Crippen LogP contribution in [0.15, 0.2) is 24.3 Å². The second kappa shape index (κ2) is 8.43. The first-order valence-corrected chi connectivity index (χ1v) is 9.02. The van der Waals surface area contributed by atoms with E-state index in [1.165, 1.54) is 5.56 Å². The van der Waals surface area contributed by atoms with Crippen molar-refractivity contribution in [3.8, 4) is 0 Å². The number of rotatable bonds is 7. The fourth-order valence-electron chi connectivity index (χ4n) is 3.00. The zero-order valence-electron chi connectivity index (χ0n) is 15.3. The average molecular weight is 330 g/mol. The van der Waals surface area contributed by atoms with E-state index in [0.717, 1.165) is 26.1 Å². The molecule has 0 spiro atoms. The van der Waals surface area contributed by atoms with Gasteiger partial charge in [-0.15, -0.1) is 0 Å². The lowest BCUT2D eigenvalue weighted by Crippen LogP contribution is -2.37. The molecule has 1 heterocycles. The third-order valence-corrected chi connectivity index (χ3v) is 4.77. The highest BCUT2D eigenvalue weighted by Gasteiger charge is 2.24. The quantitative estimate of drug-likeness (QED) is 0.835. The van der Waals surface area contributed by atoms with Crippen LogP contribution in [-0.2, 0) is 4.79 Å². The van der Waals surface area contributed by atoms with Crippen LogP contribution in [0.2, 0.25) is 0 Å². The third kappa shape index (κ3) is 5.17. The second-order valence-electron chi connectivity index (χ2n) is 7.41. The Labute approximate surface area is 145 Å². The van der Waals surface area contributed by atoms with Crippen LogP contribution < -0.4 is 5.32 Å². The van der Waals surface area contributed by atoms with E-state index in [-0.39, 0.29) is 17.9 Å². The molecule has 1 aromatic carbocycles. The highest BCUT2D eigenvalue weighted by Crippen LogP contribution is 2.16. The predicted octanol–water partition coefficient (Wildman–Crippen LogP) is 3.23. The summed E-state index contributed by atoms with van der Waals surface area (Å²) in [6, 6.07) is 8.03. The largest absolute Gasteiger partial charge is 0.348 e. The van der Waals surface area contributed by atoms with Crippen molar-refractivity contribution in [3.05, 3.63) is 35.4 Å². The van der Waals surface area contributed by atoms with Crippen molar-refractivity contribution in [2.75, 3.05) is 19.6 Å². The lowest BCUT2D eigenvalue weighted by Gasteiger charge is -2.17. The molecule has 0 aromatic heterocycles. The smallest absolute Gasteiger partial charge is 0.251 e. The summed E-state index contributed by atoms with van der Waals surface area (Å²) in [5, 5.41) is 3.12. The number of carbonyl (C=O) groups is 2. The minimum Gasteiger partial charge on any atom is -0.348 e. The molecule has 1 saturated heterocycles. The lowest BCUT2D eigenvalue weighted by atomic mass is 10.0. The van der Waals surface area contributed by atoms with Crippen molar-refractivity contribution in [1.29, 1.82) is 0 Å². The highest BCUT2D eigenvalue weighted by atomic mass is 16.1. The van der Waals surface area contributed by atoms with Crippen LogP contribution in [-0.4, -0.2) is 42.3 Å². The zero-order valence-corrected chi connectivity index (χ0v) is 15.3. The van der Waals surface area contributed by atoms with Crippen molar-refractivity contribution in [2.24, 2.45) is 5.92 Å². The van der Waals surface area contributed by atoms with Gasteiger partial charge in [-0.1, -0.05) is 39.8 Å². The minimum absolute atomic E-state index is 0.00425. The third-order valence-electron chi connectivity index (χ3n) is 4.77. The van der Waals surface area contributed by atoms with Gasteiger partial charge in [-0.3, -0.25) is 9.59 Å². The number of Topliss-reactive ketones (excluding diaryl/α,β-unsaturated/α-hetero) is 1. The SMILES string of the molecule is CC(C)C(=O)CCN1CCC(NC(=O)c2ccc(C(C)C)cc2)C1. The van der Waals surface area contributed by atoms with Crippen molar-refractivity contribution in [1.82, 2.24) is 10.2 Å². The number of ketones is 1. The summed E-state index contributed by atoms with van der Waals surface area (Å²) in [6.45, 7) is 10.8. The molecule has 4 heteroatoms. The van der Waals surface area contributed by atoms with Gasteiger partial charge >= 0.3 is 0 Å². The minimum atomic E-state index is -0.00425. The molecular formula is C20H30N2O2. The Bertz CT molecular complexity index is 564. The summed E-state index contributed by atoms with van der Waals surface area (Å²) in [7, 11) is 0. The first-order valence-electron chi connectivity index (χ1n) is 9.02. The number of nitrogens with one attached hydrogen (secondary N) is 1. The average Bonchev–Trinajstić information content (AvgIpc) is 2.99. The van der Waals surface area contributed by atoms with Gasteiger partial charge < -0.3 is 10.2 Å². The van der Waals surface area contributed by atoms with E-state index in [2.05, 4.69) is 24.1 Å². The predicted molar refractivity (Wildman–Crippen MR) is 97.3 cm³/mol. The second-order valence-corrected chi connectivity index (χ2v) is 7.41. The Balaban J connectivity index is 1.80. The number of likely N-dealkylation sites (tertiary alicyclic amines) is 1. The molecule has 1 aromatic rings. The van der Waals surface area contributed by atoms with Crippen LogP contribution >= 0.6 is 0 Å². The highest BCUT2D eigenvalue weighted by molar-refractivity contribution is 5.94. The van der Waals surface area contributed by atoms with Gasteiger partial charge in [-0.25, -0.2) is 0 Å². The molecule has 0 radical (unpaired) electrons. The summed E-state index contributed by atoms with van der Waals surface area (Å²) in [5.74, 6) is 0.888. The zero-order chi connectivity index (χ0) is 17.7. The first kappa shape index (κ1) is 18.7. The molecule has 24 heavy (non-hydrogen) atoms. The fraction of sp³-hybridized carbons (Fsp3) is 0.600. The first-order chi connectivity index (χ1) is 11.4. The maximum absolute atomic E-state index is 12.4. The van der Waals surface area contributed by atoms with Gasteiger partial charge in [0.25, 0.3) is 5.91 Å². The van der Waals surface area contributed by atoms with Crippen molar-refractivity contribution < 1.29 is 9.59 Å². The lowest BCUT2D eigenvalue weighted by molar-refractivity contribution is -0.122. The van der Waals surface area contributed by atoms with Gasteiger partial charge in [0, 0.05) is 43.6 Å². The number of nitrogens with zero attached hydrogens (tertiary/aromatic N) is 1. The summed E-state index contributed by atoms with van der Waals surface area (Å²) in [5.41, 5.74) is 1.96. The summed E-state index contributed by atoms with van der Waals surface area (Å²) < 4.78 is 0. The molecule has 0 aliphatic carbocycles. The summed E-state index contributed by atoms with van der Waals surface area (Å²) in [6.07, 6.45) is 1.56. The van der Waals surface area contributed by atoms with Crippen LogP contribution in [0.1, 0.15) is 62.4 Å². The summed E-state index contributed by atoms with van der Waals surface area (Å²) in [4.78, 5) is 26.4. The molecule has 4 nitrogen and oxygen atoms in total. The molecule has 1 fully saturated rings. The Morgan fingerprint density at radius 2 is 1.83 bits per heavy atom.